The summed E-state index contributed by atoms with van der Waals surface area (Å²) in [6.45, 7) is 4.41. The van der Waals surface area contributed by atoms with Crippen LogP contribution in [-0.4, -0.2) is 22.5 Å². The lowest BCUT2D eigenvalue weighted by Gasteiger charge is -2.04. The van der Waals surface area contributed by atoms with Crippen molar-refractivity contribution >= 4 is 55.6 Å². The van der Waals surface area contributed by atoms with Crippen LogP contribution in [0.15, 0.2) is 24.3 Å². The fraction of sp³-hybridized carbons (Fsp3) is 0.286. The molecule has 0 aliphatic heterocycles. The molecule has 100 valence electrons. The third-order valence-corrected chi connectivity index (χ3v) is 4.95. The molecule has 2 nitrogen and oxygen atoms in total. The highest BCUT2D eigenvalue weighted by molar-refractivity contribution is 8.23. The molecule has 0 atom stereocenters. The Morgan fingerprint density at radius 3 is 2.89 bits per heavy atom. The minimum Gasteiger partial charge on any atom is -0.479 e. The molecule has 0 amide bonds. The monoisotopic (exact) mass is 310 g/mol. The van der Waals surface area contributed by atoms with Crippen molar-refractivity contribution in [1.82, 2.24) is 0 Å². The molecule has 0 unspecified atom stereocenters. The minimum atomic E-state index is 0.113. The highest BCUT2D eigenvalue weighted by Gasteiger charge is 2.16. The second kappa shape index (κ2) is 6.50. The fourth-order valence-corrected chi connectivity index (χ4v) is 3.84. The third kappa shape index (κ3) is 3.35. The average molecular weight is 310 g/mol. The first-order valence-corrected chi connectivity index (χ1v) is 8.15. The Bertz CT molecular complexity index is 616. The van der Waals surface area contributed by atoms with Crippen LogP contribution in [-0.2, 0) is 4.74 Å². The van der Waals surface area contributed by atoms with Gasteiger partial charge in [0.05, 0.1) is 12.4 Å². The maximum absolute atomic E-state index is 12.3. The van der Waals surface area contributed by atoms with Crippen LogP contribution in [0.4, 0.5) is 0 Å². The van der Waals surface area contributed by atoms with E-state index in [1.54, 1.807) is 11.3 Å². The van der Waals surface area contributed by atoms with Gasteiger partial charge in [-0.2, -0.15) is 0 Å². The summed E-state index contributed by atoms with van der Waals surface area (Å²) in [5.74, 6) is 0.447. The molecule has 19 heavy (non-hydrogen) atoms. The molecule has 1 aromatic carbocycles. The average Bonchev–Trinajstić information content (AvgIpc) is 2.72. The van der Waals surface area contributed by atoms with Gasteiger partial charge in [0.15, 0.2) is 5.78 Å². The summed E-state index contributed by atoms with van der Waals surface area (Å²) in [4.78, 5) is 13.4. The lowest BCUT2D eigenvalue weighted by atomic mass is 10.1. The predicted octanol–water partition coefficient (Wildman–Crippen LogP) is 4.45. The molecule has 0 spiro atoms. The zero-order valence-corrected chi connectivity index (χ0v) is 13.2. The van der Waals surface area contributed by atoms with E-state index in [1.807, 2.05) is 38.1 Å². The van der Waals surface area contributed by atoms with Gasteiger partial charge < -0.3 is 4.74 Å². The molecule has 0 aliphatic rings. The molecule has 2 aromatic rings. The summed E-state index contributed by atoms with van der Waals surface area (Å²) in [5, 5.41) is 1.04. The third-order valence-electron chi connectivity index (χ3n) is 2.63. The maximum atomic E-state index is 12.3. The summed E-state index contributed by atoms with van der Waals surface area (Å²) in [5.41, 5.74) is 0.826. The summed E-state index contributed by atoms with van der Waals surface area (Å²) in [7, 11) is 0. The number of hydrogen-bond donors (Lipinski definition) is 0. The Balaban J connectivity index is 2.17. The molecular weight excluding hydrogens is 296 g/mol. The van der Waals surface area contributed by atoms with E-state index in [9.17, 15) is 4.79 Å². The summed E-state index contributed by atoms with van der Waals surface area (Å²) in [6, 6.07) is 7.99. The maximum Gasteiger partial charge on any atom is 0.220 e. The van der Waals surface area contributed by atoms with Gasteiger partial charge in [-0.3, -0.25) is 4.79 Å². The first-order valence-electron chi connectivity index (χ1n) is 5.94. The van der Waals surface area contributed by atoms with E-state index in [4.69, 9.17) is 17.0 Å². The van der Waals surface area contributed by atoms with E-state index in [1.165, 1.54) is 11.8 Å². The lowest BCUT2D eigenvalue weighted by molar-refractivity contribution is 0.102. The molecule has 0 N–H and O–H groups in total. The number of rotatable bonds is 4. The molecule has 1 aromatic heterocycles. The van der Waals surface area contributed by atoms with Crippen LogP contribution in [0.2, 0.25) is 0 Å². The first-order chi connectivity index (χ1) is 9.13. The van der Waals surface area contributed by atoms with Gasteiger partial charge in [-0.25, -0.2) is 0 Å². The van der Waals surface area contributed by atoms with E-state index < -0.39 is 0 Å². The largest absolute Gasteiger partial charge is 0.479 e. The van der Waals surface area contributed by atoms with E-state index in [2.05, 4.69) is 0 Å². The number of thiocarbonyl (C=S) groups is 1. The molecule has 0 bridgehead atoms. The van der Waals surface area contributed by atoms with Crippen LogP contribution in [0, 0.1) is 6.92 Å². The number of ether oxygens (including phenoxy) is 1. The van der Waals surface area contributed by atoms with Crippen molar-refractivity contribution in [3.63, 3.8) is 0 Å². The number of benzene rings is 1. The van der Waals surface area contributed by atoms with Gasteiger partial charge in [-0.05, 0) is 32.1 Å². The number of thioether (sulfide) groups is 1. The Morgan fingerprint density at radius 2 is 2.16 bits per heavy atom. The quantitative estimate of drug-likeness (QED) is 0.616. The Morgan fingerprint density at radius 1 is 1.42 bits per heavy atom. The Kier molecular flexibility index (Phi) is 4.96. The molecule has 2 rings (SSSR count). The zero-order valence-electron chi connectivity index (χ0n) is 10.8. The van der Waals surface area contributed by atoms with Crippen LogP contribution in [0.1, 0.15) is 22.2 Å². The van der Waals surface area contributed by atoms with E-state index in [0.717, 1.165) is 20.5 Å². The molecular formula is C14H14O2S3. The number of thiophene rings is 1. The van der Waals surface area contributed by atoms with Crippen LogP contribution < -0.4 is 0 Å². The van der Waals surface area contributed by atoms with Gasteiger partial charge in [0.2, 0.25) is 4.38 Å². The van der Waals surface area contributed by atoms with Gasteiger partial charge in [0.1, 0.15) is 0 Å². The van der Waals surface area contributed by atoms with Crippen molar-refractivity contribution in [3.05, 3.63) is 34.7 Å². The Labute approximate surface area is 126 Å². The van der Waals surface area contributed by atoms with E-state index in [0.29, 0.717) is 16.7 Å². The molecule has 0 saturated carbocycles. The van der Waals surface area contributed by atoms with Crippen molar-refractivity contribution in [2.24, 2.45) is 0 Å². The van der Waals surface area contributed by atoms with Crippen LogP contribution in [0.25, 0.3) is 10.1 Å². The molecule has 0 radical (unpaired) electrons. The number of aryl methyl sites for hydroxylation is 1. The highest BCUT2D eigenvalue weighted by atomic mass is 32.2. The number of carbonyl (C=O) groups is 1. The zero-order chi connectivity index (χ0) is 13.8. The number of fused-ring (bicyclic) bond motifs is 1. The molecule has 0 fully saturated rings. The molecule has 5 heteroatoms. The van der Waals surface area contributed by atoms with Crippen molar-refractivity contribution in [2.45, 2.75) is 13.8 Å². The van der Waals surface area contributed by atoms with Gasteiger partial charge in [0.25, 0.3) is 0 Å². The summed E-state index contributed by atoms with van der Waals surface area (Å²) in [6.07, 6.45) is 0. The first kappa shape index (κ1) is 14.5. The minimum absolute atomic E-state index is 0.113. The normalized spacial score (nSPS) is 10.6. The van der Waals surface area contributed by atoms with Gasteiger partial charge in [-0.1, -0.05) is 30.0 Å². The number of ketones is 1. The van der Waals surface area contributed by atoms with E-state index in [-0.39, 0.29) is 5.78 Å². The van der Waals surface area contributed by atoms with Gasteiger partial charge in [0, 0.05) is 20.5 Å². The number of hydrogen-bond acceptors (Lipinski definition) is 5. The predicted molar refractivity (Wildman–Crippen MR) is 87.6 cm³/mol. The van der Waals surface area contributed by atoms with Crippen molar-refractivity contribution < 1.29 is 9.53 Å². The van der Waals surface area contributed by atoms with E-state index >= 15 is 0 Å². The number of Topliss-reactive ketones (excluding diaryl/α,β-unsaturated/α-hetero) is 1. The van der Waals surface area contributed by atoms with Crippen LogP contribution in [0.5, 0.6) is 0 Å². The second-order valence-corrected chi connectivity index (χ2v) is 6.76. The Hall–Kier alpha value is -0.910. The van der Waals surface area contributed by atoms with Crippen molar-refractivity contribution in [3.8, 4) is 0 Å². The summed E-state index contributed by atoms with van der Waals surface area (Å²) >= 11 is 7.97. The summed E-state index contributed by atoms with van der Waals surface area (Å²) < 4.78 is 6.76. The smallest absolute Gasteiger partial charge is 0.220 e. The van der Waals surface area contributed by atoms with Gasteiger partial charge >= 0.3 is 0 Å². The topological polar surface area (TPSA) is 26.3 Å². The van der Waals surface area contributed by atoms with Crippen LogP contribution >= 0.6 is 35.3 Å². The fourth-order valence-electron chi connectivity index (χ4n) is 1.87. The van der Waals surface area contributed by atoms with Crippen LogP contribution in [0.3, 0.4) is 0 Å². The number of carbonyl (C=O) groups excluding carboxylic acids is 1. The standard InChI is InChI=1S/C14H14O2S3/c1-3-16-14(17)18-8-11(15)13-9(2)19-12-7-5-4-6-10(12)13/h4-7H,3,8H2,1-2H3. The molecule has 0 aliphatic carbocycles. The van der Waals surface area contributed by atoms with Crippen molar-refractivity contribution in [2.75, 3.05) is 12.4 Å². The highest BCUT2D eigenvalue weighted by Crippen LogP contribution is 2.31. The van der Waals surface area contributed by atoms with Crippen molar-refractivity contribution in [1.29, 1.82) is 0 Å². The molecule has 0 saturated heterocycles. The SMILES string of the molecule is CCOC(=S)SCC(=O)c1c(C)sc2ccccc12. The van der Waals surface area contributed by atoms with Gasteiger partial charge in [-0.15, -0.1) is 11.3 Å². The molecule has 1 heterocycles. The lowest BCUT2D eigenvalue weighted by Crippen LogP contribution is -2.06. The second-order valence-electron chi connectivity index (χ2n) is 3.92.